The van der Waals surface area contributed by atoms with E-state index in [-0.39, 0.29) is 17.7 Å². The van der Waals surface area contributed by atoms with Gasteiger partial charge in [-0.1, -0.05) is 76.7 Å². The van der Waals surface area contributed by atoms with Gasteiger partial charge in [-0.15, -0.1) is 0 Å². The summed E-state index contributed by atoms with van der Waals surface area (Å²) in [5, 5.41) is 2.56. The van der Waals surface area contributed by atoms with Crippen LogP contribution in [-0.4, -0.2) is 20.6 Å². The summed E-state index contributed by atoms with van der Waals surface area (Å²) >= 11 is 25.8. The van der Waals surface area contributed by atoms with Crippen molar-refractivity contribution in [3.63, 3.8) is 0 Å². The van der Waals surface area contributed by atoms with E-state index in [2.05, 4.69) is 4.57 Å². The van der Waals surface area contributed by atoms with Crippen LogP contribution in [0.3, 0.4) is 0 Å². The van der Waals surface area contributed by atoms with E-state index in [1.165, 1.54) is 0 Å². The third-order valence-electron chi connectivity index (χ3n) is 5.71. The minimum Gasteiger partial charge on any atom is -0.342 e. The highest BCUT2D eigenvalue weighted by molar-refractivity contribution is 8.18. The number of amides is 2. The molecule has 0 N–H and O–H groups in total. The number of fused-ring (bicyclic) bond motifs is 1. The van der Waals surface area contributed by atoms with E-state index in [0.29, 0.717) is 37.1 Å². The first-order chi connectivity index (χ1) is 16.8. The summed E-state index contributed by atoms with van der Waals surface area (Å²) in [6, 6.07) is 18.4. The van der Waals surface area contributed by atoms with Crippen molar-refractivity contribution in [2.75, 3.05) is 0 Å². The number of carbonyl (C=O) groups is 2. The van der Waals surface area contributed by atoms with Crippen molar-refractivity contribution in [1.29, 1.82) is 0 Å². The van der Waals surface area contributed by atoms with Gasteiger partial charge in [-0.05, 0) is 53.7 Å². The Morgan fingerprint density at radius 2 is 1.57 bits per heavy atom. The van der Waals surface area contributed by atoms with Gasteiger partial charge in [0.15, 0.2) is 0 Å². The number of rotatable bonds is 5. The van der Waals surface area contributed by atoms with Gasteiger partial charge in [0.25, 0.3) is 11.1 Å². The monoisotopic (exact) mass is 560 g/mol. The summed E-state index contributed by atoms with van der Waals surface area (Å²) in [5.41, 5.74) is 3.26. The molecule has 0 unspecified atom stereocenters. The molecule has 1 saturated heterocycles. The van der Waals surface area contributed by atoms with Gasteiger partial charge in [0.2, 0.25) is 0 Å². The molecule has 2 amide bonds. The highest BCUT2D eigenvalue weighted by atomic mass is 35.5. The van der Waals surface area contributed by atoms with Gasteiger partial charge < -0.3 is 4.57 Å². The minimum atomic E-state index is -0.381. The van der Waals surface area contributed by atoms with E-state index in [4.69, 9.17) is 46.4 Å². The van der Waals surface area contributed by atoms with Gasteiger partial charge in [-0.2, -0.15) is 0 Å². The third kappa shape index (κ3) is 4.84. The first kappa shape index (κ1) is 24.3. The number of halogens is 4. The molecule has 0 radical (unpaired) electrons. The Morgan fingerprint density at radius 1 is 0.829 bits per heavy atom. The lowest BCUT2D eigenvalue weighted by Crippen LogP contribution is -2.27. The number of carbonyl (C=O) groups excluding carboxylic acids is 2. The fourth-order valence-electron chi connectivity index (χ4n) is 3.97. The zero-order chi connectivity index (χ0) is 24.7. The van der Waals surface area contributed by atoms with Gasteiger partial charge >= 0.3 is 0 Å². The van der Waals surface area contributed by atoms with Crippen molar-refractivity contribution >= 4 is 86.3 Å². The van der Waals surface area contributed by atoms with Gasteiger partial charge in [0.1, 0.15) is 0 Å². The Hall–Kier alpha value is -2.41. The number of aromatic nitrogens is 1. The summed E-state index contributed by atoms with van der Waals surface area (Å²) in [7, 11) is 0. The lowest BCUT2D eigenvalue weighted by atomic mass is 10.1. The van der Waals surface area contributed by atoms with E-state index < -0.39 is 0 Å². The van der Waals surface area contributed by atoms with E-state index in [9.17, 15) is 9.59 Å². The molecule has 0 bridgehead atoms. The molecule has 0 atom stereocenters. The zero-order valence-corrected chi connectivity index (χ0v) is 21.8. The van der Waals surface area contributed by atoms with Crippen molar-refractivity contribution in [3.05, 3.63) is 109 Å². The fourth-order valence-corrected chi connectivity index (χ4v) is 5.79. The second-order valence-corrected chi connectivity index (χ2v) is 10.6. The molecule has 0 saturated carbocycles. The first-order valence-corrected chi connectivity index (χ1v) is 12.8. The SMILES string of the molecule is O=C1S/C(=C/c2cn(Cc3ccc(Cl)cc3Cl)c3ccccc23)C(=O)N1Cc1c(Cl)cccc1Cl. The molecule has 35 heavy (non-hydrogen) atoms. The molecule has 2 heterocycles. The number of para-hydroxylation sites is 1. The first-order valence-electron chi connectivity index (χ1n) is 10.5. The highest BCUT2D eigenvalue weighted by Crippen LogP contribution is 2.37. The Morgan fingerprint density at radius 3 is 2.31 bits per heavy atom. The quantitative estimate of drug-likeness (QED) is 0.229. The predicted molar refractivity (Wildman–Crippen MR) is 145 cm³/mol. The van der Waals surface area contributed by atoms with Crippen LogP contribution in [0, 0.1) is 0 Å². The van der Waals surface area contributed by atoms with Crippen LogP contribution >= 0.6 is 58.2 Å². The average molecular weight is 562 g/mol. The molecule has 9 heteroatoms. The molecule has 3 aromatic carbocycles. The standard InChI is InChI=1S/C26H16Cl4N2O2S/c27-17-9-8-15(22(30)11-17)12-31-13-16(18-4-1-2-7-23(18)31)10-24-25(33)32(26(34)35-24)14-19-20(28)5-3-6-21(19)29/h1-11,13H,12,14H2/b24-10+. The Balaban J connectivity index is 1.48. The smallest absolute Gasteiger partial charge is 0.293 e. The second-order valence-electron chi connectivity index (χ2n) is 7.93. The molecule has 176 valence electrons. The van der Waals surface area contributed by atoms with Crippen LogP contribution in [0.15, 0.2) is 71.8 Å². The van der Waals surface area contributed by atoms with Crippen LogP contribution in [0.1, 0.15) is 16.7 Å². The van der Waals surface area contributed by atoms with Crippen molar-refractivity contribution in [3.8, 4) is 0 Å². The van der Waals surface area contributed by atoms with Crippen LogP contribution in [-0.2, 0) is 17.9 Å². The normalized spacial score (nSPS) is 15.1. The molecular weight excluding hydrogens is 546 g/mol. The average Bonchev–Trinajstić information content (AvgIpc) is 3.30. The van der Waals surface area contributed by atoms with Crippen LogP contribution in [0.25, 0.3) is 17.0 Å². The lowest BCUT2D eigenvalue weighted by molar-refractivity contribution is -0.123. The molecule has 4 nitrogen and oxygen atoms in total. The number of hydrogen-bond acceptors (Lipinski definition) is 3. The number of hydrogen-bond donors (Lipinski definition) is 0. The predicted octanol–water partition coefficient (Wildman–Crippen LogP) is 8.54. The second kappa shape index (κ2) is 9.92. The summed E-state index contributed by atoms with van der Waals surface area (Å²) in [6.07, 6.45) is 3.70. The molecule has 4 aromatic rings. The Bertz CT molecular complexity index is 1510. The Kier molecular flexibility index (Phi) is 6.88. The largest absolute Gasteiger partial charge is 0.342 e. The molecule has 5 rings (SSSR count). The van der Waals surface area contributed by atoms with Crippen LogP contribution in [0.4, 0.5) is 4.79 Å². The third-order valence-corrected chi connectivity index (χ3v) is 7.92. The summed E-state index contributed by atoms with van der Waals surface area (Å²) in [6.45, 7) is 0.536. The molecule has 0 aliphatic carbocycles. The van der Waals surface area contributed by atoms with E-state index in [1.807, 2.05) is 36.5 Å². The molecule has 0 spiro atoms. The van der Waals surface area contributed by atoms with Crippen molar-refractivity contribution < 1.29 is 9.59 Å². The van der Waals surface area contributed by atoms with E-state index in [0.717, 1.165) is 38.7 Å². The molecule has 1 aromatic heterocycles. The van der Waals surface area contributed by atoms with Crippen molar-refractivity contribution in [2.24, 2.45) is 0 Å². The maximum Gasteiger partial charge on any atom is 0.293 e. The van der Waals surface area contributed by atoms with E-state index in [1.54, 1.807) is 36.4 Å². The Labute approximate surface area is 226 Å². The van der Waals surface area contributed by atoms with Gasteiger partial charge in [-0.25, -0.2) is 0 Å². The van der Waals surface area contributed by atoms with Crippen molar-refractivity contribution in [1.82, 2.24) is 9.47 Å². The fraction of sp³-hybridized carbons (Fsp3) is 0.0769. The number of imide groups is 1. The van der Waals surface area contributed by atoms with Gasteiger partial charge in [0.05, 0.1) is 11.4 Å². The van der Waals surface area contributed by atoms with Crippen LogP contribution in [0.5, 0.6) is 0 Å². The molecule has 1 fully saturated rings. The number of thioether (sulfide) groups is 1. The minimum absolute atomic E-state index is 0.0112. The number of nitrogens with zero attached hydrogens (tertiary/aromatic N) is 2. The molecular formula is C26H16Cl4N2O2S. The van der Waals surface area contributed by atoms with Crippen LogP contribution < -0.4 is 0 Å². The van der Waals surface area contributed by atoms with Crippen LogP contribution in [0.2, 0.25) is 20.1 Å². The molecule has 1 aliphatic heterocycles. The summed E-state index contributed by atoms with van der Waals surface area (Å²) in [4.78, 5) is 27.3. The number of benzene rings is 3. The van der Waals surface area contributed by atoms with Gasteiger partial charge in [0, 0.05) is 54.9 Å². The maximum atomic E-state index is 13.2. The lowest BCUT2D eigenvalue weighted by Gasteiger charge is -2.14. The summed E-state index contributed by atoms with van der Waals surface area (Å²) in [5.74, 6) is -0.381. The maximum absolute atomic E-state index is 13.2. The van der Waals surface area contributed by atoms with Crippen molar-refractivity contribution in [2.45, 2.75) is 13.1 Å². The zero-order valence-electron chi connectivity index (χ0n) is 18.0. The van der Waals surface area contributed by atoms with Gasteiger partial charge in [-0.3, -0.25) is 14.5 Å². The highest BCUT2D eigenvalue weighted by Gasteiger charge is 2.36. The summed E-state index contributed by atoms with van der Waals surface area (Å²) < 4.78 is 2.06. The van der Waals surface area contributed by atoms with E-state index >= 15 is 0 Å². The molecule has 1 aliphatic rings. The topological polar surface area (TPSA) is 42.3 Å².